The predicted molar refractivity (Wildman–Crippen MR) is 75.4 cm³/mol. The van der Waals surface area contributed by atoms with E-state index in [1.165, 1.54) is 37.8 Å². The van der Waals surface area contributed by atoms with Crippen LogP contribution in [0.3, 0.4) is 0 Å². The minimum atomic E-state index is -0.111. The molecule has 4 nitrogen and oxygen atoms in total. The second kappa shape index (κ2) is 4.62. The van der Waals surface area contributed by atoms with Gasteiger partial charge in [-0.25, -0.2) is 0 Å². The summed E-state index contributed by atoms with van der Waals surface area (Å²) in [7, 11) is 0. The van der Waals surface area contributed by atoms with Crippen LogP contribution in [-0.2, 0) is 0 Å². The topological polar surface area (TPSA) is 54.0 Å². The standard InChI is InChI=1S/C16H19N3O/c20-16(12-2-1-3-17-9-12)19-18-15-13-5-10-4-11(7-13)8-14(15)6-10/h1-3,9-11,13,18H,4-8H2,(H,19,20). The maximum Gasteiger partial charge on any atom is 0.271 e. The van der Waals surface area contributed by atoms with Crippen LogP contribution in [0.4, 0.5) is 0 Å². The Morgan fingerprint density at radius 3 is 2.65 bits per heavy atom. The lowest BCUT2D eigenvalue weighted by molar-refractivity contribution is 0.0924. The molecule has 5 rings (SSSR count). The predicted octanol–water partition coefficient (Wildman–Crippen LogP) is 2.41. The zero-order valence-corrected chi connectivity index (χ0v) is 11.4. The summed E-state index contributed by atoms with van der Waals surface area (Å²) in [6.07, 6.45) is 9.75. The van der Waals surface area contributed by atoms with E-state index in [0.29, 0.717) is 11.5 Å². The van der Waals surface area contributed by atoms with Gasteiger partial charge in [0.05, 0.1) is 5.56 Å². The Labute approximate surface area is 118 Å². The minimum Gasteiger partial charge on any atom is -0.302 e. The Hall–Kier alpha value is -1.84. The maximum absolute atomic E-state index is 12.0. The van der Waals surface area contributed by atoms with E-state index >= 15 is 0 Å². The third kappa shape index (κ3) is 1.99. The molecule has 0 spiro atoms. The molecule has 2 saturated carbocycles. The highest BCUT2D eigenvalue weighted by atomic mass is 16.2. The Morgan fingerprint density at radius 1 is 1.20 bits per heavy atom. The first-order valence-electron chi connectivity index (χ1n) is 7.48. The monoisotopic (exact) mass is 269 g/mol. The van der Waals surface area contributed by atoms with Crippen LogP contribution in [0.2, 0.25) is 0 Å². The van der Waals surface area contributed by atoms with Crippen LogP contribution in [0, 0.1) is 17.8 Å². The largest absolute Gasteiger partial charge is 0.302 e. The van der Waals surface area contributed by atoms with Gasteiger partial charge in [-0.05, 0) is 61.6 Å². The van der Waals surface area contributed by atoms with Gasteiger partial charge >= 0.3 is 0 Å². The number of carbonyl (C=O) groups excluding carboxylic acids is 1. The molecule has 4 aliphatic rings. The molecule has 1 aromatic heterocycles. The van der Waals surface area contributed by atoms with Crippen molar-refractivity contribution < 1.29 is 4.79 Å². The fourth-order valence-electron chi connectivity index (χ4n) is 4.31. The van der Waals surface area contributed by atoms with Crippen molar-refractivity contribution in [2.24, 2.45) is 17.8 Å². The van der Waals surface area contributed by atoms with E-state index in [1.54, 1.807) is 30.1 Å². The van der Waals surface area contributed by atoms with Gasteiger partial charge < -0.3 is 5.43 Å². The number of nitrogens with zero attached hydrogens (tertiary/aromatic N) is 1. The number of hydrazine groups is 1. The number of hydrogen-bond donors (Lipinski definition) is 2. The average molecular weight is 269 g/mol. The van der Waals surface area contributed by atoms with Crippen LogP contribution in [0.5, 0.6) is 0 Å². The third-order valence-corrected chi connectivity index (χ3v) is 5.00. The molecule has 4 bridgehead atoms. The van der Waals surface area contributed by atoms with Gasteiger partial charge in [0.2, 0.25) is 0 Å². The van der Waals surface area contributed by atoms with E-state index in [2.05, 4.69) is 15.8 Å². The van der Waals surface area contributed by atoms with E-state index in [0.717, 1.165) is 11.8 Å². The van der Waals surface area contributed by atoms with Crippen molar-refractivity contribution in [3.05, 3.63) is 41.4 Å². The first-order chi connectivity index (χ1) is 9.79. The van der Waals surface area contributed by atoms with Gasteiger partial charge in [0.25, 0.3) is 5.91 Å². The Balaban J connectivity index is 1.46. The zero-order valence-electron chi connectivity index (χ0n) is 11.4. The fraction of sp³-hybridized carbons (Fsp3) is 0.500. The van der Waals surface area contributed by atoms with Crippen molar-refractivity contribution in [1.29, 1.82) is 0 Å². The summed E-state index contributed by atoms with van der Waals surface area (Å²) in [5.74, 6) is 2.34. The van der Waals surface area contributed by atoms with Crippen LogP contribution < -0.4 is 10.9 Å². The van der Waals surface area contributed by atoms with E-state index in [-0.39, 0.29) is 5.91 Å². The highest BCUT2D eigenvalue weighted by Crippen LogP contribution is 2.52. The van der Waals surface area contributed by atoms with Crippen molar-refractivity contribution in [2.45, 2.75) is 32.1 Å². The minimum absolute atomic E-state index is 0.111. The molecule has 0 aliphatic heterocycles. The molecule has 104 valence electrons. The van der Waals surface area contributed by atoms with Gasteiger partial charge in [-0.15, -0.1) is 0 Å². The molecule has 1 aromatic rings. The number of amides is 1. The first-order valence-corrected chi connectivity index (χ1v) is 7.48. The van der Waals surface area contributed by atoms with Gasteiger partial charge in [-0.2, -0.15) is 0 Å². The highest BCUT2D eigenvalue weighted by Gasteiger charge is 2.41. The van der Waals surface area contributed by atoms with Gasteiger partial charge in [-0.1, -0.05) is 0 Å². The van der Waals surface area contributed by atoms with E-state index in [1.807, 2.05) is 0 Å². The van der Waals surface area contributed by atoms with Crippen molar-refractivity contribution in [2.75, 3.05) is 0 Å². The maximum atomic E-state index is 12.0. The molecule has 2 N–H and O–H groups in total. The molecule has 2 unspecified atom stereocenters. The lowest BCUT2D eigenvalue weighted by Crippen LogP contribution is -2.45. The molecule has 2 atom stereocenters. The van der Waals surface area contributed by atoms with Crippen molar-refractivity contribution in [3.63, 3.8) is 0 Å². The lowest BCUT2D eigenvalue weighted by Gasteiger charge is -2.47. The number of carbonyl (C=O) groups is 1. The average Bonchev–Trinajstić information content (AvgIpc) is 2.46. The highest BCUT2D eigenvalue weighted by molar-refractivity contribution is 5.93. The Bertz CT molecular complexity index is 550. The van der Waals surface area contributed by atoms with Crippen molar-refractivity contribution >= 4 is 5.91 Å². The number of aromatic nitrogens is 1. The van der Waals surface area contributed by atoms with E-state index < -0.39 is 0 Å². The number of nitrogens with one attached hydrogen (secondary N) is 2. The molecule has 0 aromatic carbocycles. The van der Waals surface area contributed by atoms with Crippen LogP contribution in [0.1, 0.15) is 42.5 Å². The Morgan fingerprint density at radius 2 is 2.00 bits per heavy atom. The third-order valence-electron chi connectivity index (χ3n) is 5.00. The molecule has 2 fully saturated rings. The molecular weight excluding hydrogens is 250 g/mol. The molecule has 0 radical (unpaired) electrons. The van der Waals surface area contributed by atoms with Crippen LogP contribution >= 0.6 is 0 Å². The quantitative estimate of drug-likeness (QED) is 0.829. The first kappa shape index (κ1) is 11.9. The molecular formula is C16H19N3O. The number of pyridine rings is 1. The van der Waals surface area contributed by atoms with Gasteiger partial charge in [-0.3, -0.25) is 15.2 Å². The van der Waals surface area contributed by atoms with Crippen LogP contribution in [0.25, 0.3) is 0 Å². The summed E-state index contributed by atoms with van der Waals surface area (Å²) < 4.78 is 0. The molecule has 1 heterocycles. The number of hydrogen-bond acceptors (Lipinski definition) is 3. The fourth-order valence-corrected chi connectivity index (χ4v) is 4.31. The molecule has 4 aliphatic carbocycles. The summed E-state index contributed by atoms with van der Waals surface area (Å²) in [5.41, 5.74) is 9.50. The lowest BCUT2D eigenvalue weighted by atomic mass is 9.60. The second-order valence-electron chi connectivity index (χ2n) is 6.38. The summed E-state index contributed by atoms with van der Waals surface area (Å²) >= 11 is 0. The summed E-state index contributed by atoms with van der Waals surface area (Å²) in [4.78, 5) is 16.0. The summed E-state index contributed by atoms with van der Waals surface area (Å²) in [6.45, 7) is 0. The summed E-state index contributed by atoms with van der Waals surface area (Å²) in [5, 5.41) is 0. The summed E-state index contributed by atoms with van der Waals surface area (Å²) in [6, 6.07) is 3.55. The smallest absolute Gasteiger partial charge is 0.271 e. The molecule has 4 heteroatoms. The van der Waals surface area contributed by atoms with Gasteiger partial charge in [0.1, 0.15) is 0 Å². The normalized spacial score (nSPS) is 30.5. The van der Waals surface area contributed by atoms with Crippen LogP contribution in [-0.4, -0.2) is 10.9 Å². The van der Waals surface area contributed by atoms with Crippen LogP contribution in [0.15, 0.2) is 35.8 Å². The van der Waals surface area contributed by atoms with Gasteiger partial charge in [0.15, 0.2) is 0 Å². The zero-order chi connectivity index (χ0) is 13.5. The van der Waals surface area contributed by atoms with Crippen molar-refractivity contribution in [3.8, 4) is 0 Å². The SMILES string of the molecule is O=C(NNC1=C2CC3CC(C2)CC1C3)c1cccnc1. The second-order valence-corrected chi connectivity index (χ2v) is 6.38. The molecule has 20 heavy (non-hydrogen) atoms. The molecule has 0 saturated heterocycles. The van der Waals surface area contributed by atoms with Crippen molar-refractivity contribution in [1.82, 2.24) is 15.8 Å². The number of allylic oxidation sites excluding steroid dienone is 2. The Kier molecular flexibility index (Phi) is 2.76. The van der Waals surface area contributed by atoms with Gasteiger partial charge in [0, 0.05) is 24.0 Å². The molecule has 1 amide bonds. The number of rotatable bonds is 3. The van der Waals surface area contributed by atoms with E-state index in [9.17, 15) is 4.79 Å². The van der Waals surface area contributed by atoms with E-state index in [4.69, 9.17) is 0 Å².